The lowest BCUT2D eigenvalue weighted by Gasteiger charge is -2.24. The first-order chi connectivity index (χ1) is 16.3. The normalized spacial score (nSPS) is 17.3. The highest BCUT2D eigenvalue weighted by atomic mass is 16.6. The molecule has 0 saturated carbocycles. The number of carbonyl (C=O) groups excluding carboxylic acids is 2. The number of carbonyl (C=O) groups is 2. The van der Waals surface area contributed by atoms with E-state index in [4.69, 9.17) is 4.74 Å². The smallest absolute Gasteiger partial charge is 0.301 e. The van der Waals surface area contributed by atoms with Crippen LogP contribution in [0.3, 0.4) is 0 Å². The number of benzene rings is 2. The number of aliphatic hydroxyl groups excluding tert-OH is 1. The highest BCUT2D eigenvalue weighted by molar-refractivity contribution is 6.51. The molecule has 1 aliphatic rings. The second kappa shape index (κ2) is 9.14. The van der Waals surface area contributed by atoms with Crippen molar-refractivity contribution in [3.8, 4) is 5.75 Å². The van der Waals surface area contributed by atoms with Crippen molar-refractivity contribution in [1.29, 1.82) is 0 Å². The molecule has 0 spiro atoms. The van der Waals surface area contributed by atoms with Gasteiger partial charge in [0.2, 0.25) is 0 Å². The van der Waals surface area contributed by atoms with Crippen molar-refractivity contribution < 1.29 is 24.4 Å². The molecule has 9 nitrogen and oxygen atoms in total. The Bertz CT molecular complexity index is 1270. The molecule has 0 bridgehead atoms. The predicted octanol–water partition coefficient (Wildman–Crippen LogP) is 4.40. The summed E-state index contributed by atoms with van der Waals surface area (Å²) < 4.78 is 5.62. The average Bonchev–Trinajstić information content (AvgIpc) is 3.09. The summed E-state index contributed by atoms with van der Waals surface area (Å²) in [5.41, 5.74) is 0.458. The van der Waals surface area contributed by atoms with Crippen molar-refractivity contribution in [2.75, 3.05) is 4.90 Å². The average molecular weight is 459 g/mol. The third kappa shape index (κ3) is 4.23. The molecule has 1 unspecified atom stereocenters. The minimum Gasteiger partial charge on any atom is -0.507 e. The fourth-order valence-electron chi connectivity index (χ4n) is 3.78. The molecule has 3 aromatic rings. The van der Waals surface area contributed by atoms with Gasteiger partial charge in [-0.15, -0.1) is 0 Å². The van der Waals surface area contributed by atoms with E-state index in [1.165, 1.54) is 35.4 Å². The molecule has 4 rings (SSSR count). The van der Waals surface area contributed by atoms with Crippen molar-refractivity contribution in [3.63, 3.8) is 0 Å². The number of nitro groups is 1. The van der Waals surface area contributed by atoms with Crippen LogP contribution in [0.1, 0.15) is 31.0 Å². The summed E-state index contributed by atoms with van der Waals surface area (Å²) in [6.45, 7) is 3.77. The summed E-state index contributed by atoms with van der Waals surface area (Å²) in [5, 5.41) is 22.2. The molecular weight excluding hydrogens is 438 g/mol. The van der Waals surface area contributed by atoms with E-state index in [9.17, 15) is 24.8 Å². The second-order valence-electron chi connectivity index (χ2n) is 7.90. The molecule has 34 heavy (non-hydrogen) atoms. The molecular formula is C25H21N3O6. The van der Waals surface area contributed by atoms with Gasteiger partial charge in [-0.1, -0.05) is 6.07 Å². The lowest BCUT2D eigenvalue weighted by Crippen LogP contribution is -2.30. The number of amides is 1. The van der Waals surface area contributed by atoms with Crippen LogP contribution in [0.15, 0.2) is 78.5 Å². The Balaban J connectivity index is 1.85. The van der Waals surface area contributed by atoms with Gasteiger partial charge >= 0.3 is 5.91 Å². The van der Waals surface area contributed by atoms with Gasteiger partial charge in [0, 0.05) is 23.9 Å². The zero-order chi connectivity index (χ0) is 24.4. The number of aromatic nitrogens is 1. The minimum absolute atomic E-state index is 0.0368. The van der Waals surface area contributed by atoms with Gasteiger partial charge in [-0.25, -0.2) is 4.98 Å². The molecule has 2 aromatic carbocycles. The molecule has 0 radical (unpaired) electrons. The largest absolute Gasteiger partial charge is 0.507 e. The maximum Gasteiger partial charge on any atom is 0.301 e. The lowest BCUT2D eigenvalue weighted by molar-refractivity contribution is -0.384. The van der Waals surface area contributed by atoms with Gasteiger partial charge < -0.3 is 9.84 Å². The van der Waals surface area contributed by atoms with E-state index in [0.29, 0.717) is 16.9 Å². The van der Waals surface area contributed by atoms with E-state index >= 15 is 0 Å². The molecule has 1 atom stereocenters. The predicted molar refractivity (Wildman–Crippen MR) is 124 cm³/mol. The molecule has 9 heteroatoms. The highest BCUT2D eigenvalue weighted by Gasteiger charge is 2.47. The van der Waals surface area contributed by atoms with Crippen LogP contribution in [-0.2, 0) is 9.59 Å². The Morgan fingerprint density at radius 2 is 1.74 bits per heavy atom. The van der Waals surface area contributed by atoms with Crippen LogP contribution in [0.5, 0.6) is 5.75 Å². The lowest BCUT2D eigenvalue weighted by atomic mass is 9.95. The monoisotopic (exact) mass is 459 g/mol. The number of nitro benzene ring substituents is 1. The number of hydrogen-bond acceptors (Lipinski definition) is 7. The SMILES string of the molecule is CC(C)Oc1ccc(/C(O)=C2\C(=O)C(=O)N(c3ccccn3)C2c2ccc([N+](=O)[O-])cc2)cc1. The Labute approximate surface area is 195 Å². The number of ketones is 1. The molecule has 1 aromatic heterocycles. The zero-order valence-electron chi connectivity index (χ0n) is 18.4. The van der Waals surface area contributed by atoms with Crippen molar-refractivity contribution >= 4 is 29.0 Å². The summed E-state index contributed by atoms with van der Waals surface area (Å²) in [4.78, 5) is 42.1. The van der Waals surface area contributed by atoms with E-state index in [1.54, 1.807) is 42.5 Å². The van der Waals surface area contributed by atoms with Crippen LogP contribution in [0, 0.1) is 10.1 Å². The highest BCUT2D eigenvalue weighted by Crippen LogP contribution is 2.41. The number of Topliss-reactive ketones (excluding diaryl/α,β-unsaturated/α-hetero) is 1. The second-order valence-corrected chi connectivity index (χ2v) is 7.90. The van der Waals surface area contributed by atoms with E-state index < -0.39 is 22.7 Å². The number of non-ortho nitro benzene ring substituents is 1. The summed E-state index contributed by atoms with van der Waals surface area (Å²) >= 11 is 0. The van der Waals surface area contributed by atoms with Crippen LogP contribution >= 0.6 is 0 Å². The Morgan fingerprint density at radius 1 is 1.06 bits per heavy atom. The van der Waals surface area contributed by atoms with Gasteiger partial charge in [-0.05, 0) is 67.9 Å². The van der Waals surface area contributed by atoms with E-state index in [0.717, 1.165) is 0 Å². The Morgan fingerprint density at radius 3 is 2.29 bits per heavy atom. The van der Waals surface area contributed by atoms with Crippen LogP contribution in [0.4, 0.5) is 11.5 Å². The fraction of sp³-hybridized carbons (Fsp3) is 0.160. The van der Waals surface area contributed by atoms with Crippen LogP contribution in [0.25, 0.3) is 5.76 Å². The summed E-state index contributed by atoms with van der Waals surface area (Å²) in [6.07, 6.45) is 1.44. The Hall–Kier alpha value is -4.53. The van der Waals surface area contributed by atoms with Crippen molar-refractivity contribution in [1.82, 2.24) is 4.98 Å². The molecule has 1 saturated heterocycles. The van der Waals surface area contributed by atoms with Gasteiger partial charge in [0.15, 0.2) is 0 Å². The summed E-state index contributed by atoms with van der Waals surface area (Å²) in [6, 6.07) is 15.9. The molecule has 1 N–H and O–H groups in total. The van der Waals surface area contributed by atoms with Crippen LogP contribution in [-0.4, -0.2) is 32.8 Å². The van der Waals surface area contributed by atoms with Gasteiger partial charge in [-0.3, -0.25) is 24.6 Å². The quantitative estimate of drug-likeness (QED) is 0.190. The first-order valence-electron chi connectivity index (χ1n) is 10.5. The maximum atomic E-state index is 13.1. The third-order valence-corrected chi connectivity index (χ3v) is 5.26. The molecule has 1 amide bonds. The summed E-state index contributed by atoms with van der Waals surface area (Å²) in [7, 11) is 0. The van der Waals surface area contributed by atoms with E-state index in [2.05, 4.69) is 4.98 Å². The van der Waals surface area contributed by atoms with Gasteiger partial charge in [-0.2, -0.15) is 0 Å². The fourth-order valence-corrected chi connectivity index (χ4v) is 3.78. The molecule has 172 valence electrons. The number of rotatable bonds is 6. The van der Waals surface area contributed by atoms with Gasteiger partial charge in [0.1, 0.15) is 17.3 Å². The van der Waals surface area contributed by atoms with Gasteiger partial charge in [0.05, 0.1) is 22.6 Å². The number of ether oxygens (including phenoxy) is 1. The first kappa shape index (κ1) is 22.7. The molecule has 1 fully saturated rings. The van der Waals surface area contributed by atoms with E-state index in [-0.39, 0.29) is 28.9 Å². The Kier molecular flexibility index (Phi) is 6.09. The van der Waals surface area contributed by atoms with Crippen molar-refractivity contribution in [3.05, 3.63) is 99.7 Å². The van der Waals surface area contributed by atoms with Crippen molar-refractivity contribution in [2.24, 2.45) is 0 Å². The minimum atomic E-state index is -1.03. The summed E-state index contributed by atoms with van der Waals surface area (Å²) in [5.74, 6) is -1.30. The van der Waals surface area contributed by atoms with Crippen molar-refractivity contribution in [2.45, 2.75) is 26.0 Å². The molecule has 2 heterocycles. The van der Waals surface area contributed by atoms with Crippen LogP contribution in [0.2, 0.25) is 0 Å². The zero-order valence-corrected chi connectivity index (χ0v) is 18.4. The third-order valence-electron chi connectivity index (χ3n) is 5.26. The molecule has 0 aliphatic carbocycles. The maximum absolute atomic E-state index is 13.1. The first-order valence-corrected chi connectivity index (χ1v) is 10.5. The number of pyridine rings is 1. The van der Waals surface area contributed by atoms with E-state index in [1.807, 2.05) is 13.8 Å². The van der Waals surface area contributed by atoms with Gasteiger partial charge in [0.25, 0.3) is 11.5 Å². The standard InChI is InChI=1S/C25H21N3O6/c1-15(2)34-19-12-8-17(9-13-19)23(29)21-22(16-6-10-18(11-7-16)28(32)33)27(25(31)24(21)30)20-5-3-4-14-26-20/h3-15,22,29H,1-2H3/b23-21+. The number of nitrogens with zero attached hydrogens (tertiary/aromatic N) is 3. The topological polar surface area (TPSA) is 123 Å². The van der Waals surface area contributed by atoms with Crippen LogP contribution < -0.4 is 9.64 Å². The number of anilines is 1. The number of aliphatic hydroxyl groups is 1. The molecule has 1 aliphatic heterocycles. The number of hydrogen-bond donors (Lipinski definition) is 1.